The molecule has 0 spiro atoms. The maximum absolute atomic E-state index is 12.1. The fraction of sp³-hybridized carbons (Fsp3) is 0.538. The lowest BCUT2D eigenvalue weighted by atomic mass is 10.1. The van der Waals surface area contributed by atoms with Gasteiger partial charge in [0, 0.05) is 25.5 Å². The normalized spacial score (nSPS) is 19.4. The number of nitrogens with zero attached hydrogens (tertiary/aromatic N) is 2. The molecule has 19 heavy (non-hydrogen) atoms. The Bertz CT molecular complexity index is 437. The lowest BCUT2D eigenvalue weighted by Crippen LogP contribution is -2.31. The molecular weight excluding hydrogens is 242 g/mol. The zero-order valence-corrected chi connectivity index (χ0v) is 11.2. The highest BCUT2D eigenvalue weighted by Crippen LogP contribution is 2.16. The number of hydrogen-bond donors (Lipinski definition) is 3. The van der Waals surface area contributed by atoms with Gasteiger partial charge in [-0.2, -0.15) is 0 Å². The Labute approximate surface area is 113 Å². The van der Waals surface area contributed by atoms with E-state index in [9.17, 15) is 4.79 Å². The van der Waals surface area contributed by atoms with E-state index >= 15 is 0 Å². The van der Waals surface area contributed by atoms with Crippen molar-refractivity contribution >= 4 is 11.6 Å². The number of anilines is 1. The van der Waals surface area contributed by atoms with Crippen molar-refractivity contribution in [1.29, 1.82) is 0 Å². The molecule has 1 aromatic rings. The summed E-state index contributed by atoms with van der Waals surface area (Å²) < 4.78 is 0. The number of amides is 1. The molecule has 0 saturated carbocycles. The van der Waals surface area contributed by atoms with Gasteiger partial charge in [-0.1, -0.05) is 6.92 Å². The maximum Gasteiger partial charge on any atom is 0.255 e. The fourth-order valence-electron chi connectivity index (χ4n) is 2.40. The van der Waals surface area contributed by atoms with Crippen LogP contribution < -0.4 is 16.6 Å². The third-order valence-corrected chi connectivity index (χ3v) is 3.59. The summed E-state index contributed by atoms with van der Waals surface area (Å²) in [6.45, 7) is 6.13. The van der Waals surface area contributed by atoms with E-state index in [1.807, 2.05) is 0 Å². The number of rotatable bonds is 5. The van der Waals surface area contributed by atoms with Gasteiger partial charge >= 0.3 is 0 Å². The van der Waals surface area contributed by atoms with E-state index in [1.165, 1.54) is 6.20 Å². The molecule has 1 aliphatic rings. The molecule has 1 amide bonds. The second kappa shape index (κ2) is 6.49. The summed E-state index contributed by atoms with van der Waals surface area (Å²) in [6.07, 6.45) is 4.27. The van der Waals surface area contributed by atoms with Gasteiger partial charge in [-0.15, -0.1) is 0 Å². The minimum atomic E-state index is -0.129. The van der Waals surface area contributed by atoms with Crippen LogP contribution in [-0.2, 0) is 0 Å². The van der Waals surface area contributed by atoms with Gasteiger partial charge in [-0.3, -0.25) is 15.6 Å². The molecular formula is C13H21N5O. The highest BCUT2D eigenvalue weighted by atomic mass is 16.1. The molecule has 1 unspecified atom stereocenters. The van der Waals surface area contributed by atoms with Gasteiger partial charge in [-0.05, 0) is 31.5 Å². The second-order valence-corrected chi connectivity index (χ2v) is 4.82. The summed E-state index contributed by atoms with van der Waals surface area (Å²) in [4.78, 5) is 18.4. The van der Waals surface area contributed by atoms with Crippen LogP contribution in [0.4, 0.5) is 5.69 Å². The van der Waals surface area contributed by atoms with E-state index in [0.29, 0.717) is 23.7 Å². The number of pyridine rings is 1. The Kier molecular flexibility index (Phi) is 4.70. The molecule has 104 valence electrons. The average Bonchev–Trinajstić information content (AvgIpc) is 2.92. The number of nitrogens with one attached hydrogen (secondary N) is 2. The number of nitrogens with two attached hydrogens (primary N) is 1. The first kappa shape index (κ1) is 13.8. The van der Waals surface area contributed by atoms with Crippen LogP contribution in [0.15, 0.2) is 18.5 Å². The fourth-order valence-corrected chi connectivity index (χ4v) is 2.40. The molecule has 2 heterocycles. The minimum Gasteiger partial charge on any atom is -0.352 e. The first-order valence-electron chi connectivity index (χ1n) is 6.65. The van der Waals surface area contributed by atoms with Crippen molar-refractivity contribution in [2.75, 3.05) is 31.6 Å². The van der Waals surface area contributed by atoms with E-state index in [1.54, 1.807) is 12.3 Å². The number of carbonyl (C=O) groups excluding carboxylic acids is 1. The summed E-state index contributed by atoms with van der Waals surface area (Å²) in [5.74, 6) is 5.79. The Morgan fingerprint density at radius 2 is 2.47 bits per heavy atom. The average molecular weight is 263 g/mol. The predicted octanol–water partition coefficient (Wildman–Crippen LogP) is 0.439. The summed E-state index contributed by atoms with van der Waals surface area (Å²) >= 11 is 0. The zero-order chi connectivity index (χ0) is 13.7. The van der Waals surface area contributed by atoms with Crippen LogP contribution in [0.3, 0.4) is 0 Å². The highest BCUT2D eigenvalue weighted by Gasteiger charge is 2.22. The van der Waals surface area contributed by atoms with Gasteiger partial charge in [0.05, 0.1) is 11.3 Å². The Morgan fingerprint density at radius 3 is 3.16 bits per heavy atom. The molecule has 1 saturated heterocycles. The van der Waals surface area contributed by atoms with Gasteiger partial charge in [0.25, 0.3) is 5.91 Å². The van der Waals surface area contributed by atoms with E-state index in [0.717, 1.165) is 26.1 Å². The van der Waals surface area contributed by atoms with Crippen LogP contribution in [0.25, 0.3) is 0 Å². The summed E-state index contributed by atoms with van der Waals surface area (Å²) in [5, 5.41) is 2.96. The molecule has 1 fully saturated rings. The van der Waals surface area contributed by atoms with Crippen LogP contribution in [-0.4, -0.2) is 42.0 Å². The van der Waals surface area contributed by atoms with Crippen molar-refractivity contribution in [3.63, 3.8) is 0 Å². The van der Waals surface area contributed by atoms with E-state index in [4.69, 9.17) is 5.84 Å². The smallest absolute Gasteiger partial charge is 0.255 e. The molecule has 1 aliphatic heterocycles. The number of hydrogen-bond acceptors (Lipinski definition) is 5. The Hall–Kier alpha value is -1.66. The number of nitrogen functional groups attached to an aromatic ring is 1. The molecule has 4 N–H and O–H groups in total. The molecule has 0 radical (unpaired) electrons. The van der Waals surface area contributed by atoms with E-state index in [-0.39, 0.29) is 5.91 Å². The summed E-state index contributed by atoms with van der Waals surface area (Å²) in [5.41, 5.74) is 3.59. The predicted molar refractivity (Wildman–Crippen MR) is 74.6 cm³/mol. The van der Waals surface area contributed by atoms with Crippen LogP contribution in [0, 0.1) is 5.92 Å². The van der Waals surface area contributed by atoms with Crippen molar-refractivity contribution in [3.05, 3.63) is 24.0 Å². The van der Waals surface area contributed by atoms with Crippen molar-refractivity contribution in [1.82, 2.24) is 15.2 Å². The molecule has 1 atom stereocenters. The Morgan fingerprint density at radius 1 is 1.63 bits per heavy atom. The molecule has 0 aromatic carbocycles. The quantitative estimate of drug-likeness (QED) is 0.530. The lowest BCUT2D eigenvalue weighted by Gasteiger charge is -2.14. The standard InChI is InChI=1S/C13H21N5O/c1-2-18-6-4-10(9-18)7-16-13(19)11-8-15-5-3-12(11)17-14/h3,5,8,10H,2,4,6-7,9,14H2,1H3,(H,15,17)(H,16,19). The van der Waals surface area contributed by atoms with E-state index in [2.05, 4.69) is 27.6 Å². The third-order valence-electron chi connectivity index (χ3n) is 3.59. The van der Waals surface area contributed by atoms with E-state index < -0.39 is 0 Å². The molecule has 6 nitrogen and oxygen atoms in total. The van der Waals surface area contributed by atoms with Crippen LogP contribution in [0.2, 0.25) is 0 Å². The lowest BCUT2D eigenvalue weighted by molar-refractivity contribution is 0.0948. The molecule has 2 rings (SSSR count). The highest BCUT2D eigenvalue weighted by molar-refractivity contribution is 5.99. The van der Waals surface area contributed by atoms with Crippen LogP contribution >= 0.6 is 0 Å². The van der Waals surface area contributed by atoms with Gasteiger partial charge in [-0.25, -0.2) is 0 Å². The monoisotopic (exact) mass is 263 g/mol. The van der Waals surface area contributed by atoms with Gasteiger partial charge < -0.3 is 15.6 Å². The number of hydrazine groups is 1. The Balaban J connectivity index is 1.88. The molecule has 6 heteroatoms. The first-order valence-corrected chi connectivity index (χ1v) is 6.65. The minimum absolute atomic E-state index is 0.129. The number of carbonyl (C=O) groups is 1. The third kappa shape index (κ3) is 3.42. The molecule has 0 aliphatic carbocycles. The first-order chi connectivity index (χ1) is 9.24. The largest absolute Gasteiger partial charge is 0.352 e. The van der Waals surface area contributed by atoms with Crippen molar-refractivity contribution in [3.8, 4) is 0 Å². The van der Waals surface area contributed by atoms with Crippen molar-refractivity contribution in [2.45, 2.75) is 13.3 Å². The second-order valence-electron chi connectivity index (χ2n) is 4.82. The number of likely N-dealkylation sites (tertiary alicyclic amines) is 1. The van der Waals surface area contributed by atoms with Crippen LogP contribution in [0.1, 0.15) is 23.7 Å². The van der Waals surface area contributed by atoms with Crippen molar-refractivity contribution in [2.24, 2.45) is 11.8 Å². The van der Waals surface area contributed by atoms with Gasteiger partial charge in [0.15, 0.2) is 0 Å². The van der Waals surface area contributed by atoms with Gasteiger partial charge in [0.2, 0.25) is 0 Å². The number of aromatic nitrogens is 1. The topological polar surface area (TPSA) is 83.3 Å². The van der Waals surface area contributed by atoms with Crippen molar-refractivity contribution < 1.29 is 4.79 Å². The van der Waals surface area contributed by atoms with Crippen LogP contribution in [0.5, 0.6) is 0 Å². The maximum atomic E-state index is 12.1. The molecule has 0 bridgehead atoms. The SMILES string of the molecule is CCN1CCC(CNC(=O)c2cnccc2NN)C1. The summed E-state index contributed by atoms with van der Waals surface area (Å²) in [7, 11) is 0. The van der Waals surface area contributed by atoms with Gasteiger partial charge in [0.1, 0.15) is 0 Å². The summed E-state index contributed by atoms with van der Waals surface area (Å²) in [6, 6.07) is 1.68. The zero-order valence-electron chi connectivity index (χ0n) is 11.2. The molecule has 1 aromatic heterocycles.